The van der Waals surface area contributed by atoms with Crippen LogP contribution in [-0.2, 0) is 9.59 Å². The van der Waals surface area contributed by atoms with Gasteiger partial charge >= 0.3 is 6.03 Å². The summed E-state index contributed by atoms with van der Waals surface area (Å²) in [6.45, 7) is 0. The lowest BCUT2D eigenvalue weighted by molar-refractivity contribution is -0.144. The van der Waals surface area contributed by atoms with Gasteiger partial charge in [-0.25, -0.2) is 14.9 Å². The van der Waals surface area contributed by atoms with Crippen molar-refractivity contribution in [1.82, 2.24) is 25.0 Å². The summed E-state index contributed by atoms with van der Waals surface area (Å²) in [4.78, 5) is 44.3. The van der Waals surface area contributed by atoms with E-state index in [-0.39, 0.29) is 5.95 Å². The highest BCUT2D eigenvalue weighted by Crippen LogP contribution is 2.14. The highest BCUT2D eigenvalue weighted by molar-refractivity contribution is 6.23. The third-order valence-electron chi connectivity index (χ3n) is 2.52. The summed E-state index contributed by atoms with van der Waals surface area (Å²) in [7, 11) is 2.62. The number of carbonyl (C=O) groups is 3. The molecule has 0 saturated carbocycles. The number of hydrogen-bond donors (Lipinski definition) is 1. The molecule has 0 spiro atoms. The van der Waals surface area contributed by atoms with E-state index in [1.54, 1.807) is 0 Å². The van der Waals surface area contributed by atoms with Gasteiger partial charge in [-0.1, -0.05) is 0 Å². The highest BCUT2D eigenvalue weighted by Gasteiger charge is 2.41. The first-order chi connectivity index (χ1) is 8.52. The number of aliphatic imine (C=N–C) groups is 1. The number of nitrogens with zero attached hydrogens (tertiary/aromatic N) is 5. The van der Waals surface area contributed by atoms with Crippen LogP contribution in [0.1, 0.15) is 0 Å². The molecular formula is C9H10N6O3. The van der Waals surface area contributed by atoms with Gasteiger partial charge < -0.3 is 0 Å². The van der Waals surface area contributed by atoms with Gasteiger partial charge in [0.25, 0.3) is 0 Å². The van der Waals surface area contributed by atoms with E-state index in [9.17, 15) is 14.4 Å². The van der Waals surface area contributed by atoms with E-state index >= 15 is 0 Å². The lowest BCUT2D eigenvalue weighted by Crippen LogP contribution is -2.57. The second-order valence-electron chi connectivity index (χ2n) is 3.64. The Hall–Kier alpha value is -2.58. The van der Waals surface area contributed by atoms with Crippen LogP contribution >= 0.6 is 0 Å². The number of hydrogen-bond acceptors (Lipinski definition) is 6. The third kappa shape index (κ3) is 1.85. The SMILES string of the molecule is CN1C(=O)C(C=Nc2ncn[nH]2)C(=O)N(C)C1=O. The van der Waals surface area contributed by atoms with Gasteiger partial charge in [0.2, 0.25) is 17.8 Å². The fourth-order valence-electron chi connectivity index (χ4n) is 1.47. The van der Waals surface area contributed by atoms with Crippen LogP contribution in [0.2, 0.25) is 0 Å². The van der Waals surface area contributed by atoms with Crippen LogP contribution in [0.5, 0.6) is 0 Å². The summed E-state index contributed by atoms with van der Waals surface area (Å²) in [5, 5.41) is 6.03. The van der Waals surface area contributed by atoms with Crippen molar-refractivity contribution in [1.29, 1.82) is 0 Å². The number of urea groups is 1. The molecule has 1 N–H and O–H groups in total. The molecule has 1 saturated heterocycles. The summed E-state index contributed by atoms with van der Waals surface area (Å²) in [6.07, 6.45) is 2.39. The fourth-order valence-corrected chi connectivity index (χ4v) is 1.47. The molecule has 18 heavy (non-hydrogen) atoms. The van der Waals surface area contributed by atoms with Crippen molar-refractivity contribution in [3.05, 3.63) is 6.33 Å². The molecule has 9 nitrogen and oxygen atoms in total. The minimum Gasteiger partial charge on any atom is -0.273 e. The van der Waals surface area contributed by atoms with Crippen molar-refractivity contribution in [2.75, 3.05) is 14.1 Å². The summed E-state index contributed by atoms with van der Waals surface area (Å²) in [5.74, 6) is -2.18. The average molecular weight is 250 g/mol. The Balaban J connectivity index is 2.24. The fraction of sp³-hybridized carbons (Fsp3) is 0.333. The van der Waals surface area contributed by atoms with Gasteiger partial charge in [0.05, 0.1) is 0 Å². The molecule has 1 aromatic rings. The molecule has 0 bridgehead atoms. The zero-order valence-electron chi connectivity index (χ0n) is 9.69. The first-order valence-corrected chi connectivity index (χ1v) is 5.01. The van der Waals surface area contributed by atoms with Crippen LogP contribution in [0.3, 0.4) is 0 Å². The van der Waals surface area contributed by atoms with Crippen molar-refractivity contribution in [2.45, 2.75) is 0 Å². The zero-order chi connectivity index (χ0) is 13.3. The number of nitrogens with one attached hydrogen (secondary N) is 1. The van der Waals surface area contributed by atoms with Crippen molar-refractivity contribution in [3.63, 3.8) is 0 Å². The number of aromatic amines is 1. The van der Waals surface area contributed by atoms with Crippen LogP contribution < -0.4 is 0 Å². The van der Waals surface area contributed by atoms with Crippen molar-refractivity contribution in [2.24, 2.45) is 10.9 Å². The van der Waals surface area contributed by atoms with E-state index in [4.69, 9.17) is 0 Å². The van der Waals surface area contributed by atoms with Crippen LogP contribution in [0, 0.1) is 5.92 Å². The predicted octanol–water partition coefficient (Wildman–Crippen LogP) is -0.826. The standard InChI is InChI=1S/C9H10N6O3/c1-14-6(16)5(7(17)15(2)9(14)18)3-10-8-11-4-12-13-8/h3-5H,1-2H3,(H,11,12,13). The Bertz CT molecular complexity index is 498. The van der Waals surface area contributed by atoms with Gasteiger partial charge in [-0.2, -0.15) is 10.1 Å². The summed E-state index contributed by atoms with van der Waals surface area (Å²) < 4.78 is 0. The highest BCUT2D eigenvalue weighted by atomic mass is 16.2. The van der Waals surface area contributed by atoms with Gasteiger partial charge in [-0.05, 0) is 0 Å². The van der Waals surface area contributed by atoms with Gasteiger partial charge in [0, 0.05) is 20.3 Å². The summed E-state index contributed by atoms with van der Waals surface area (Å²) >= 11 is 0. The van der Waals surface area contributed by atoms with E-state index in [1.165, 1.54) is 20.4 Å². The van der Waals surface area contributed by atoms with Gasteiger partial charge in [-0.3, -0.25) is 19.4 Å². The molecule has 1 fully saturated rings. The van der Waals surface area contributed by atoms with Gasteiger partial charge in [0.1, 0.15) is 6.33 Å². The Morgan fingerprint density at radius 3 is 2.39 bits per heavy atom. The smallest absolute Gasteiger partial charge is 0.273 e. The zero-order valence-corrected chi connectivity index (χ0v) is 9.69. The Morgan fingerprint density at radius 2 is 1.89 bits per heavy atom. The largest absolute Gasteiger partial charge is 0.332 e. The predicted molar refractivity (Wildman–Crippen MR) is 59.0 cm³/mol. The molecule has 0 unspecified atom stereocenters. The minimum atomic E-state index is -1.12. The second kappa shape index (κ2) is 4.35. The van der Waals surface area contributed by atoms with E-state index in [0.29, 0.717) is 0 Å². The van der Waals surface area contributed by atoms with E-state index in [1.807, 2.05) is 0 Å². The topological polar surface area (TPSA) is 112 Å². The lowest BCUT2D eigenvalue weighted by atomic mass is 10.1. The molecule has 0 aromatic carbocycles. The molecule has 0 radical (unpaired) electrons. The molecule has 0 aliphatic carbocycles. The number of carbonyl (C=O) groups excluding carboxylic acids is 3. The Kier molecular flexibility index (Phi) is 2.88. The molecule has 4 amide bonds. The van der Waals surface area contributed by atoms with Crippen LogP contribution in [-0.4, -0.2) is 63.1 Å². The van der Waals surface area contributed by atoms with Gasteiger partial charge in [-0.15, -0.1) is 0 Å². The quantitative estimate of drug-likeness (QED) is 0.544. The number of rotatable bonds is 2. The Morgan fingerprint density at radius 1 is 1.28 bits per heavy atom. The number of amides is 4. The first-order valence-electron chi connectivity index (χ1n) is 5.01. The summed E-state index contributed by atoms with van der Waals surface area (Å²) in [5.41, 5.74) is 0. The van der Waals surface area contributed by atoms with E-state index in [2.05, 4.69) is 20.2 Å². The van der Waals surface area contributed by atoms with Crippen molar-refractivity contribution < 1.29 is 14.4 Å². The maximum Gasteiger partial charge on any atom is 0.332 e. The second-order valence-corrected chi connectivity index (χ2v) is 3.64. The molecule has 1 aromatic heterocycles. The first kappa shape index (κ1) is 11.9. The normalized spacial score (nSPS) is 18.2. The average Bonchev–Trinajstić information content (AvgIpc) is 2.87. The molecule has 1 aliphatic rings. The number of H-pyrrole nitrogens is 1. The Labute approximate surface area is 101 Å². The molecule has 9 heteroatoms. The number of imide groups is 2. The monoisotopic (exact) mass is 250 g/mol. The minimum absolute atomic E-state index is 0.179. The molecular weight excluding hydrogens is 240 g/mol. The van der Waals surface area contributed by atoms with Crippen molar-refractivity contribution >= 4 is 30.0 Å². The van der Waals surface area contributed by atoms with Crippen LogP contribution in [0.15, 0.2) is 11.3 Å². The van der Waals surface area contributed by atoms with E-state index in [0.717, 1.165) is 16.0 Å². The molecule has 2 heterocycles. The van der Waals surface area contributed by atoms with Crippen molar-refractivity contribution in [3.8, 4) is 0 Å². The van der Waals surface area contributed by atoms with Crippen LogP contribution in [0.25, 0.3) is 0 Å². The molecule has 94 valence electrons. The van der Waals surface area contributed by atoms with Crippen LogP contribution in [0.4, 0.5) is 10.7 Å². The molecule has 0 atom stereocenters. The maximum absolute atomic E-state index is 11.8. The number of barbiturate groups is 1. The number of aromatic nitrogens is 3. The summed E-state index contributed by atoms with van der Waals surface area (Å²) in [6, 6.07) is -0.658. The van der Waals surface area contributed by atoms with Gasteiger partial charge in [0.15, 0.2) is 5.92 Å². The molecule has 2 rings (SSSR count). The lowest BCUT2D eigenvalue weighted by Gasteiger charge is -2.30. The third-order valence-corrected chi connectivity index (χ3v) is 2.52. The molecule has 1 aliphatic heterocycles. The maximum atomic E-state index is 11.8. The van der Waals surface area contributed by atoms with E-state index < -0.39 is 23.8 Å².